The Hall–Kier alpha value is -1.89. The van der Waals surface area contributed by atoms with E-state index in [0.717, 1.165) is 0 Å². The topological polar surface area (TPSA) is 42.0 Å². The van der Waals surface area contributed by atoms with E-state index in [4.69, 9.17) is 0 Å². The van der Waals surface area contributed by atoms with Gasteiger partial charge in [-0.05, 0) is 6.07 Å². The van der Waals surface area contributed by atoms with Gasteiger partial charge in [-0.3, -0.25) is 4.79 Å². The molecule has 78 valence electrons. The fourth-order valence-corrected chi connectivity index (χ4v) is 0.946. The van der Waals surface area contributed by atoms with Crippen LogP contribution in [0.3, 0.4) is 0 Å². The van der Waals surface area contributed by atoms with E-state index in [-0.39, 0.29) is 5.91 Å². The summed E-state index contributed by atoms with van der Waals surface area (Å²) in [5.74, 6) is 4.99. The van der Waals surface area contributed by atoms with Crippen molar-refractivity contribution >= 4 is 5.91 Å². The molecule has 1 amide bonds. The van der Waals surface area contributed by atoms with Crippen molar-refractivity contribution in [3.63, 3.8) is 0 Å². The summed E-state index contributed by atoms with van der Waals surface area (Å²) in [4.78, 5) is 13.9. The zero-order valence-electron chi connectivity index (χ0n) is 8.38. The third-order valence-corrected chi connectivity index (χ3v) is 1.58. The van der Waals surface area contributed by atoms with E-state index in [0.29, 0.717) is 18.5 Å². The molecule has 0 unspecified atom stereocenters. The van der Waals surface area contributed by atoms with E-state index < -0.39 is 5.95 Å². The molecule has 0 saturated carbocycles. The highest BCUT2D eigenvalue weighted by molar-refractivity contribution is 5.72. The Bertz CT molecular complexity index is 407. The molecule has 4 heteroatoms. The van der Waals surface area contributed by atoms with Gasteiger partial charge in [0.25, 0.3) is 0 Å². The van der Waals surface area contributed by atoms with E-state index in [2.05, 4.69) is 22.1 Å². The number of nitrogens with zero attached hydrogens (tertiary/aromatic N) is 1. The third-order valence-electron chi connectivity index (χ3n) is 1.58. The Morgan fingerprint density at radius 3 is 3.13 bits per heavy atom. The maximum absolute atomic E-state index is 12.6. The van der Waals surface area contributed by atoms with Gasteiger partial charge in [0, 0.05) is 37.7 Å². The predicted molar refractivity (Wildman–Crippen MR) is 54.4 cm³/mol. The number of carbonyl (C=O) groups is 1. The van der Waals surface area contributed by atoms with Crippen LogP contribution in [-0.2, 0) is 4.79 Å². The molecule has 0 radical (unpaired) electrons. The molecule has 1 heterocycles. The van der Waals surface area contributed by atoms with Crippen LogP contribution in [0.2, 0.25) is 0 Å². The Morgan fingerprint density at radius 2 is 2.47 bits per heavy atom. The number of aromatic nitrogens is 1. The smallest absolute Gasteiger partial charge is 0.216 e. The summed E-state index contributed by atoms with van der Waals surface area (Å²) >= 11 is 0. The molecule has 0 spiro atoms. The Kier molecular flexibility index (Phi) is 4.30. The minimum atomic E-state index is -0.538. The molecule has 0 aliphatic heterocycles. The highest BCUT2D eigenvalue weighted by Gasteiger charge is 1.91. The van der Waals surface area contributed by atoms with Crippen molar-refractivity contribution in [3.8, 4) is 11.8 Å². The molecule has 0 bridgehead atoms. The maximum Gasteiger partial charge on any atom is 0.216 e. The van der Waals surface area contributed by atoms with Crippen LogP contribution in [0.5, 0.6) is 0 Å². The van der Waals surface area contributed by atoms with Crippen molar-refractivity contribution < 1.29 is 9.18 Å². The fraction of sp³-hybridized carbons (Fsp3) is 0.273. The van der Waals surface area contributed by atoms with Crippen molar-refractivity contribution in [1.29, 1.82) is 0 Å². The summed E-state index contributed by atoms with van der Waals surface area (Å²) in [5.41, 5.74) is 0.588. The van der Waals surface area contributed by atoms with E-state index in [9.17, 15) is 9.18 Å². The first-order valence-electron chi connectivity index (χ1n) is 4.53. The van der Waals surface area contributed by atoms with Crippen LogP contribution in [0.1, 0.15) is 18.9 Å². The number of amides is 1. The standard InChI is InChI=1S/C11H11FN2O/c1-9(15)13-6-3-2-4-10-5-7-14-11(12)8-10/h5,7-8H,3,6H2,1H3,(H,13,15). The van der Waals surface area contributed by atoms with Crippen LogP contribution in [0.25, 0.3) is 0 Å². The van der Waals surface area contributed by atoms with Gasteiger partial charge in [-0.25, -0.2) is 4.98 Å². The molecule has 1 aromatic heterocycles. The summed E-state index contributed by atoms with van der Waals surface area (Å²) in [6.45, 7) is 1.96. The molecular weight excluding hydrogens is 195 g/mol. The van der Waals surface area contributed by atoms with Gasteiger partial charge < -0.3 is 5.32 Å². The second kappa shape index (κ2) is 5.76. The van der Waals surface area contributed by atoms with Gasteiger partial charge in [0.15, 0.2) is 0 Å². The SMILES string of the molecule is CC(=O)NCCC#Cc1ccnc(F)c1. The average Bonchev–Trinajstić information content (AvgIpc) is 2.17. The number of halogens is 1. The lowest BCUT2D eigenvalue weighted by molar-refractivity contribution is -0.118. The summed E-state index contributed by atoms with van der Waals surface area (Å²) in [6, 6.07) is 2.90. The quantitative estimate of drug-likeness (QED) is 0.447. The second-order valence-electron chi connectivity index (χ2n) is 2.90. The van der Waals surface area contributed by atoms with Crippen LogP contribution < -0.4 is 5.32 Å². The lowest BCUT2D eigenvalue weighted by Crippen LogP contribution is -2.20. The molecule has 0 aromatic carbocycles. The predicted octanol–water partition coefficient (Wildman–Crippen LogP) is 1.10. The molecule has 0 atom stereocenters. The van der Waals surface area contributed by atoms with Gasteiger partial charge >= 0.3 is 0 Å². The van der Waals surface area contributed by atoms with Gasteiger partial charge in [-0.15, -0.1) is 0 Å². The van der Waals surface area contributed by atoms with Gasteiger partial charge in [0.2, 0.25) is 11.9 Å². The lowest BCUT2D eigenvalue weighted by atomic mass is 10.2. The van der Waals surface area contributed by atoms with Crippen LogP contribution in [0.15, 0.2) is 18.3 Å². The second-order valence-corrected chi connectivity index (χ2v) is 2.90. The van der Waals surface area contributed by atoms with Gasteiger partial charge in [-0.2, -0.15) is 4.39 Å². The van der Waals surface area contributed by atoms with Crippen LogP contribution in [0.4, 0.5) is 4.39 Å². The average molecular weight is 206 g/mol. The van der Waals surface area contributed by atoms with Crippen molar-refractivity contribution in [2.24, 2.45) is 0 Å². The lowest BCUT2D eigenvalue weighted by Gasteiger charge is -1.94. The van der Waals surface area contributed by atoms with Gasteiger partial charge in [0.05, 0.1) is 0 Å². The van der Waals surface area contributed by atoms with E-state index in [1.807, 2.05) is 0 Å². The van der Waals surface area contributed by atoms with Crippen LogP contribution >= 0.6 is 0 Å². The number of hydrogen-bond donors (Lipinski definition) is 1. The Balaban J connectivity index is 2.41. The van der Waals surface area contributed by atoms with Crippen molar-refractivity contribution in [2.75, 3.05) is 6.54 Å². The molecule has 1 aromatic rings. The molecule has 1 rings (SSSR count). The maximum atomic E-state index is 12.6. The molecule has 3 nitrogen and oxygen atoms in total. The van der Waals surface area contributed by atoms with E-state index >= 15 is 0 Å². The number of pyridine rings is 1. The first-order valence-corrected chi connectivity index (χ1v) is 4.53. The van der Waals surface area contributed by atoms with Crippen LogP contribution in [0, 0.1) is 17.8 Å². The molecule has 1 N–H and O–H groups in total. The zero-order valence-corrected chi connectivity index (χ0v) is 8.38. The van der Waals surface area contributed by atoms with Crippen molar-refractivity contribution in [2.45, 2.75) is 13.3 Å². The minimum absolute atomic E-state index is 0.0771. The summed E-state index contributed by atoms with van der Waals surface area (Å²) in [5, 5.41) is 2.62. The molecule has 0 aliphatic carbocycles. The molecule has 0 saturated heterocycles. The first kappa shape index (κ1) is 11.2. The fourth-order valence-electron chi connectivity index (χ4n) is 0.946. The van der Waals surface area contributed by atoms with Crippen LogP contribution in [-0.4, -0.2) is 17.4 Å². The summed E-state index contributed by atoms with van der Waals surface area (Å²) < 4.78 is 12.6. The molecular formula is C11H11FN2O. The summed E-state index contributed by atoms with van der Waals surface area (Å²) in [6.07, 6.45) is 1.91. The van der Waals surface area contributed by atoms with E-state index in [1.165, 1.54) is 19.2 Å². The monoisotopic (exact) mass is 206 g/mol. The molecule has 0 aliphatic rings. The number of carbonyl (C=O) groups excluding carboxylic acids is 1. The Labute approximate surface area is 87.7 Å². The number of rotatable bonds is 2. The largest absolute Gasteiger partial charge is 0.355 e. The van der Waals surface area contributed by atoms with Crippen molar-refractivity contribution in [3.05, 3.63) is 29.8 Å². The van der Waals surface area contributed by atoms with Gasteiger partial charge in [0.1, 0.15) is 0 Å². The van der Waals surface area contributed by atoms with Crippen molar-refractivity contribution in [1.82, 2.24) is 10.3 Å². The zero-order chi connectivity index (χ0) is 11.1. The molecule has 0 fully saturated rings. The normalized spacial score (nSPS) is 8.93. The van der Waals surface area contributed by atoms with Gasteiger partial charge in [-0.1, -0.05) is 11.8 Å². The number of nitrogens with one attached hydrogen (secondary N) is 1. The highest BCUT2D eigenvalue weighted by atomic mass is 19.1. The number of hydrogen-bond acceptors (Lipinski definition) is 2. The first-order chi connectivity index (χ1) is 7.18. The van der Waals surface area contributed by atoms with E-state index in [1.54, 1.807) is 6.07 Å². The molecule has 15 heavy (non-hydrogen) atoms. The minimum Gasteiger partial charge on any atom is -0.355 e. The summed E-state index contributed by atoms with van der Waals surface area (Å²) in [7, 11) is 0. The Morgan fingerprint density at radius 1 is 1.67 bits per heavy atom. The third kappa shape index (κ3) is 4.77. The highest BCUT2D eigenvalue weighted by Crippen LogP contribution is 1.97.